The highest BCUT2D eigenvalue weighted by molar-refractivity contribution is 5.95. The summed E-state index contributed by atoms with van der Waals surface area (Å²) in [6.45, 7) is 0.910. The molecule has 0 bridgehead atoms. The molecular weight excluding hydrogens is 208 g/mol. The van der Waals surface area contributed by atoms with Gasteiger partial charge in [-0.3, -0.25) is 4.98 Å². The minimum atomic E-state index is 0.910. The Labute approximate surface area is 101 Å². The Morgan fingerprint density at radius 3 is 3.06 bits per heavy atom. The first-order valence-electron chi connectivity index (χ1n) is 5.78. The third-order valence-corrected chi connectivity index (χ3v) is 3.06. The van der Waals surface area contributed by atoms with E-state index in [9.17, 15) is 0 Å². The van der Waals surface area contributed by atoms with Gasteiger partial charge < -0.3 is 4.90 Å². The number of aromatic nitrogens is 1. The molecule has 1 aromatic carbocycles. The van der Waals surface area contributed by atoms with Crippen molar-refractivity contribution in [3.8, 4) is 0 Å². The van der Waals surface area contributed by atoms with Gasteiger partial charge in [0.25, 0.3) is 0 Å². The normalized spacial score (nSPS) is 14.5. The lowest BCUT2D eigenvalue weighted by atomic mass is 10.1. The van der Waals surface area contributed by atoms with E-state index in [4.69, 9.17) is 0 Å². The Hall–Kier alpha value is -2.09. The van der Waals surface area contributed by atoms with E-state index in [1.165, 1.54) is 16.6 Å². The summed E-state index contributed by atoms with van der Waals surface area (Å²) in [6, 6.07) is 8.37. The molecule has 0 fully saturated rings. The van der Waals surface area contributed by atoms with E-state index in [-0.39, 0.29) is 0 Å². The number of hydrogen-bond acceptors (Lipinski definition) is 2. The van der Waals surface area contributed by atoms with Crippen molar-refractivity contribution in [1.29, 1.82) is 0 Å². The minimum Gasteiger partial charge on any atom is -0.369 e. The van der Waals surface area contributed by atoms with Crippen LogP contribution in [-0.4, -0.2) is 18.6 Å². The first-order chi connectivity index (χ1) is 8.36. The minimum absolute atomic E-state index is 0.910. The summed E-state index contributed by atoms with van der Waals surface area (Å²) in [4.78, 5) is 6.76. The quantitative estimate of drug-likeness (QED) is 0.680. The summed E-state index contributed by atoms with van der Waals surface area (Å²) < 4.78 is 0. The van der Waals surface area contributed by atoms with Gasteiger partial charge >= 0.3 is 0 Å². The molecule has 2 heterocycles. The molecule has 0 amide bonds. The molecule has 0 aliphatic carbocycles. The highest BCUT2D eigenvalue weighted by atomic mass is 15.1. The summed E-state index contributed by atoms with van der Waals surface area (Å²) in [6.07, 6.45) is 10.3. The molecule has 0 atom stereocenters. The van der Waals surface area contributed by atoms with Gasteiger partial charge in [0.15, 0.2) is 0 Å². The Morgan fingerprint density at radius 2 is 2.12 bits per heavy atom. The molecule has 2 heteroatoms. The lowest BCUT2D eigenvalue weighted by Gasteiger charge is -2.22. The zero-order valence-corrected chi connectivity index (χ0v) is 9.80. The van der Waals surface area contributed by atoms with Crippen molar-refractivity contribution in [3.05, 3.63) is 54.3 Å². The van der Waals surface area contributed by atoms with Crippen molar-refractivity contribution in [3.63, 3.8) is 0 Å². The molecule has 0 N–H and O–H groups in total. The van der Waals surface area contributed by atoms with Crippen LogP contribution < -0.4 is 4.90 Å². The van der Waals surface area contributed by atoms with Crippen molar-refractivity contribution in [2.75, 3.05) is 18.5 Å². The number of fused-ring (bicyclic) bond motifs is 3. The molecule has 0 unspecified atom stereocenters. The number of anilines is 1. The average molecular weight is 222 g/mol. The van der Waals surface area contributed by atoms with Crippen LogP contribution in [0.2, 0.25) is 0 Å². The van der Waals surface area contributed by atoms with Gasteiger partial charge in [0, 0.05) is 30.7 Å². The van der Waals surface area contributed by atoms with Gasteiger partial charge in [0.2, 0.25) is 0 Å². The second-order valence-electron chi connectivity index (χ2n) is 4.25. The molecule has 3 rings (SSSR count). The molecule has 0 saturated carbocycles. The van der Waals surface area contributed by atoms with Crippen molar-refractivity contribution >= 4 is 22.7 Å². The Kier molecular flexibility index (Phi) is 2.41. The first-order valence-corrected chi connectivity index (χ1v) is 5.78. The van der Waals surface area contributed by atoms with Gasteiger partial charge in [-0.05, 0) is 6.07 Å². The predicted octanol–water partition coefficient (Wildman–Crippen LogP) is 3.25. The largest absolute Gasteiger partial charge is 0.369 e. The van der Waals surface area contributed by atoms with Crippen LogP contribution in [-0.2, 0) is 0 Å². The van der Waals surface area contributed by atoms with Gasteiger partial charge in [-0.1, -0.05) is 42.5 Å². The molecular formula is C15H14N2. The third-order valence-electron chi connectivity index (χ3n) is 3.06. The molecule has 0 saturated heterocycles. The fraction of sp³-hybridized carbons (Fsp3) is 0.133. The molecule has 84 valence electrons. The molecule has 1 aliphatic rings. The molecule has 0 radical (unpaired) electrons. The number of rotatable bonds is 0. The third kappa shape index (κ3) is 1.72. The van der Waals surface area contributed by atoms with E-state index in [0.717, 1.165) is 12.1 Å². The molecule has 1 aromatic heterocycles. The van der Waals surface area contributed by atoms with Crippen molar-refractivity contribution in [2.45, 2.75) is 0 Å². The maximum Gasteiger partial charge on any atom is 0.0941 e. The van der Waals surface area contributed by atoms with Gasteiger partial charge in [-0.15, -0.1) is 0 Å². The summed E-state index contributed by atoms with van der Waals surface area (Å²) in [5.74, 6) is 0. The van der Waals surface area contributed by atoms with E-state index in [0.29, 0.717) is 0 Å². The van der Waals surface area contributed by atoms with Crippen LogP contribution in [0.3, 0.4) is 0 Å². The highest BCUT2D eigenvalue weighted by Gasteiger charge is 2.11. The van der Waals surface area contributed by atoms with Gasteiger partial charge in [0.05, 0.1) is 11.2 Å². The predicted molar refractivity (Wildman–Crippen MR) is 73.2 cm³/mol. The monoisotopic (exact) mass is 222 g/mol. The number of nitrogens with zero attached hydrogens (tertiary/aromatic N) is 2. The SMILES string of the molecule is CN1CC=CC=Cc2ccc3cccnc3c21. The summed E-state index contributed by atoms with van der Waals surface area (Å²) in [5.41, 5.74) is 3.51. The number of pyridine rings is 1. The standard InChI is InChI=1S/C15H14N2/c1-17-11-4-2-3-6-13-9-8-12-7-5-10-16-14(12)15(13)17/h2-10H,11H2,1H3. The van der Waals surface area contributed by atoms with Crippen LogP contribution in [0.25, 0.3) is 17.0 Å². The maximum atomic E-state index is 4.52. The Morgan fingerprint density at radius 1 is 1.18 bits per heavy atom. The topological polar surface area (TPSA) is 16.1 Å². The zero-order chi connectivity index (χ0) is 11.7. The molecule has 2 aromatic rings. The maximum absolute atomic E-state index is 4.52. The van der Waals surface area contributed by atoms with Gasteiger partial charge in [-0.25, -0.2) is 0 Å². The highest BCUT2D eigenvalue weighted by Crippen LogP contribution is 2.30. The van der Waals surface area contributed by atoms with Crippen LogP contribution in [0.15, 0.2) is 48.7 Å². The van der Waals surface area contributed by atoms with Crippen LogP contribution in [0.1, 0.15) is 5.56 Å². The van der Waals surface area contributed by atoms with Crippen LogP contribution in [0.4, 0.5) is 5.69 Å². The van der Waals surface area contributed by atoms with Crippen LogP contribution in [0, 0.1) is 0 Å². The van der Waals surface area contributed by atoms with E-state index in [2.05, 4.69) is 59.4 Å². The van der Waals surface area contributed by atoms with E-state index < -0.39 is 0 Å². The molecule has 1 aliphatic heterocycles. The Bertz CT molecular complexity index is 611. The average Bonchev–Trinajstić information content (AvgIpc) is 2.35. The first kappa shape index (κ1) is 10.1. The van der Waals surface area contributed by atoms with Crippen molar-refractivity contribution < 1.29 is 0 Å². The van der Waals surface area contributed by atoms with Gasteiger partial charge in [0.1, 0.15) is 0 Å². The van der Waals surface area contributed by atoms with E-state index >= 15 is 0 Å². The number of benzene rings is 1. The van der Waals surface area contributed by atoms with Crippen LogP contribution in [0.5, 0.6) is 0 Å². The lowest BCUT2D eigenvalue weighted by molar-refractivity contribution is 1.03. The number of likely N-dealkylation sites (N-methyl/N-ethyl adjacent to an activating group) is 1. The van der Waals surface area contributed by atoms with E-state index in [1.54, 1.807) is 0 Å². The number of allylic oxidation sites excluding steroid dienone is 2. The zero-order valence-electron chi connectivity index (χ0n) is 9.80. The molecule has 2 nitrogen and oxygen atoms in total. The van der Waals surface area contributed by atoms with E-state index in [1.807, 2.05) is 12.3 Å². The molecule has 0 spiro atoms. The Balaban J connectivity index is 2.34. The summed E-state index contributed by atoms with van der Waals surface area (Å²) in [5, 5.41) is 1.19. The summed E-state index contributed by atoms with van der Waals surface area (Å²) in [7, 11) is 2.11. The van der Waals surface area contributed by atoms with Gasteiger partial charge in [-0.2, -0.15) is 0 Å². The van der Waals surface area contributed by atoms with Crippen molar-refractivity contribution in [1.82, 2.24) is 4.98 Å². The smallest absolute Gasteiger partial charge is 0.0941 e. The van der Waals surface area contributed by atoms with Crippen molar-refractivity contribution in [2.24, 2.45) is 0 Å². The fourth-order valence-electron chi connectivity index (χ4n) is 2.23. The summed E-state index contributed by atoms with van der Waals surface area (Å²) >= 11 is 0. The number of hydrogen-bond donors (Lipinski definition) is 0. The second kappa shape index (κ2) is 4.06. The van der Waals surface area contributed by atoms with Crippen LogP contribution >= 0.6 is 0 Å². The second-order valence-corrected chi connectivity index (χ2v) is 4.25. The lowest BCUT2D eigenvalue weighted by Crippen LogP contribution is -2.19. The molecule has 17 heavy (non-hydrogen) atoms. The fourth-order valence-corrected chi connectivity index (χ4v) is 2.23.